The molecule has 4 aromatic rings. The maximum Gasteiger partial charge on any atom is 0.213 e. The van der Waals surface area contributed by atoms with Gasteiger partial charge in [0.25, 0.3) is 0 Å². The number of nitrogens with one attached hydrogen (secondary N) is 1. The first-order valence-electron chi connectivity index (χ1n) is 9.09. The van der Waals surface area contributed by atoms with Crippen molar-refractivity contribution in [2.75, 3.05) is 7.11 Å². The summed E-state index contributed by atoms with van der Waals surface area (Å²) in [6.45, 7) is 3.34. The monoisotopic (exact) mass is 408 g/mol. The van der Waals surface area contributed by atoms with E-state index in [0.29, 0.717) is 22.1 Å². The van der Waals surface area contributed by atoms with Crippen LogP contribution in [0.2, 0.25) is 0 Å². The Morgan fingerprint density at radius 2 is 1.79 bits per heavy atom. The Labute approximate surface area is 168 Å². The van der Waals surface area contributed by atoms with Gasteiger partial charge >= 0.3 is 0 Å². The third kappa shape index (κ3) is 3.47. The number of rotatable bonds is 5. The molecule has 0 fully saturated rings. The van der Waals surface area contributed by atoms with Gasteiger partial charge < -0.3 is 9.72 Å². The van der Waals surface area contributed by atoms with Gasteiger partial charge in [-0.1, -0.05) is 12.1 Å². The normalized spacial score (nSPS) is 11.9. The predicted octanol–water partition coefficient (Wildman–Crippen LogP) is 3.88. The van der Waals surface area contributed by atoms with Crippen molar-refractivity contribution in [3.05, 3.63) is 55.0 Å². The van der Waals surface area contributed by atoms with Gasteiger partial charge in [-0.05, 0) is 37.6 Å². The van der Waals surface area contributed by atoms with Crippen LogP contribution in [0.5, 0.6) is 5.88 Å². The number of nitrogens with zero attached hydrogens (tertiary/aromatic N) is 3. The van der Waals surface area contributed by atoms with E-state index in [2.05, 4.69) is 15.0 Å². The molecule has 0 unspecified atom stereocenters. The molecule has 7 nitrogen and oxygen atoms in total. The van der Waals surface area contributed by atoms with Crippen molar-refractivity contribution in [3.8, 4) is 28.3 Å². The molecule has 1 N–H and O–H groups in total. The van der Waals surface area contributed by atoms with E-state index >= 15 is 0 Å². The van der Waals surface area contributed by atoms with Crippen molar-refractivity contribution in [2.45, 2.75) is 24.0 Å². The fourth-order valence-corrected chi connectivity index (χ4v) is 4.09. The lowest BCUT2D eigenvalue weighted by molar-refractivity contribution is 0.398. The molecule has 8 heteroatoms. The van der Waals surface area contributed by atoms with Crippen LogP contribution in [0.4, 0.5) is 0 Å². The fraction of sp³-hybridized carbons (Fsp3) is 0.190. The summed E-state index contributed by atoms with van der Waals surface area (Å²) >= 11 is 0. The van der Waals surface area contributed by atoms with Gasteiger partial charge in [-0.2, -0.15) is 0 Å². The van der Waals surface area contributed by atoms with Gasteiger partial charge in [0.15, 0.2) is 15.5 Å². The second-order valence-electron chi connectivity index (χ2n) is 6.86. The predicted molar refractivity (Wildman–Crippen MR) is 111 cm³/mol. The molecule has 0 amide bonds. The first-order valence-corrected chi connectivity index (χ1v) is 10.6. The molecule has 1 aromatic carbocycles. The molecule has 0 bridgehead atoms. The molecule has 0 aliphatic rings. The van der Waals surface area contributed by atoms with Gasteiger partial charge in [-0.15, -0.1) is 0 Å². The lowest BCUT2D eigenvalue weighted by Gasteiger charge is -2.08. The van der Waals surface area contributed by atoms with E-state index in [1.165, 1.54) is 0 Å². The number of hydrogen-bond acceptors (Lipinski definition) is 6. The van der Waals surface area contributed by atoms with E-state index < -0.39 is 15.1 Å². The van der Waals surface area contributed by atoms with Crippen molar-refractivity contribution in [1.29, 1.82) is 0 Å². The third-order valence-electron chi connectivity index (χ3n) is 4.74. The first-order chi connectivity index (χ1) is 13.9. The van der Waals surface area contributed by atoms with Crippen molar-refractivity contribution < 1.29 is 13.2 Å². The average Bonchev–Trinajstić information content (AvgIpc) is 3.17. The second kappa shape index (κ2) is 7.29. The minimum atomic E-state index is -3.31. The highest BCUT2D eigenvalue weighted by Gasteiger charge is 2.19. The molecular weight excluding hydrogens is 388 g/mol. The van der Waals surface area contributed by atoms with Crippen molar-refractivity contribution >= 4 is 21.0 Å². The number of hydrogen-bond donors (Lipinski definition) is 1. The number of fused-ring (bicyclic) bond motifs is 1. The van der Waals surface area contributed by atoms with Crippen LogP contribution in [-0.2, 0) is 9.84 Å². The topological polar surface area (TPSA) is 97.8 Å². The lowest BCUT2D eigenvalue weighted by atomic mass is 10.1. The van der Waals surface area contributed by atoms with Crippen LogP contribution in [0.15, 0.2) is 59.9 Å². The first kappa shape index (κ1) is 19.1. The zero-order chi connectivity index (χ0) is 20.6. The third-order valence-corrected chi connectivity index (χ3v) is 6.91. The molecule has 3 aromatic heterocycles. The second-order valence-corrected chi connectivity index (χ2v) is 9.36. The Morgan fingerprint density at radius 3 is 2.48 bits per heavy atom. The Bertz CT molecular complexity index is 1280. The van der Waals surface area contributed by atoms with E-state index in [-0.39, 0.29) is 0 Å². The van der Waals surface area contributed by atoms with Crippen LogP contribution in [0.3, 0.4) is 0 Å². The number of benzene rings is 1. The summed E-state index contributed by atoms with van der Waals surface area (Å²) in [6, 6.07) is 10.5. The number of methoxy groups -OCH3 is 1. The van der Waals surface area contributed by atoms with E-state index in [1.807, 2.05) is 18.3 Å². The molecular formula is C21H20N4O3S. The maximum absolute atomic E-state index is 12.3. The van der Waals surface area contributed by atoms with Crippen LogP contribution in [0, 0.1) is 0 Å². The smallest absolute Gasteiger partial charge is 0.213 e. The molecule has 0 saturated carbocycles. The number of aromatic amines is 1. The molecule has 29 heavy (non-hydrogen) atoms. The number of aromatic nitrogens is 4. The molecule has 3 heterocycles. The number of H-pyrrole nitrogens is 1. The lowest BCUT2D eigenvalue weighted by Crippen LogP contribution is -2.13. The van der Waals surface area contributed by atoms with Gasteiger partial charge in [-0.25, -0.2) is 23.4 Å². The Morgan fingerprint density at radius 1 is 1.03 bits per heavy atom. The summed E-state index contributed by atoms with van der Waals surface area (Å²) in [4.78, 5) is 16.8. The van der Waals surface area contributed by atoms with Gasteiger partial charge in [0.05, 0.1) is 29.1 Å². The van der Waals surface area contributed by atoms with Crippen molar-refractivity contribution in [3.63, 3.8) is 0 Å². The van der Waals surface area contributed by atoms with Crippen LogP contribution >= 0.6 is 0 Å². The minimum absolute atomic E-state index is 0.302. The summed E-state index contributed by atoms with van der Waals surface area (Å²) in [5, 5.41) is -0.468. The standard InChI is InChI=1S/C21H20N4O3S/c1-13(2)29(26,27)16-6-4-14(5-7-16)18-12-24-21-20(25-18)17(11-23-21)15-8-9-22-19(10-15)28-3/h4-13H,1-3H3,(H,23,24). The van der Waals surface area contributed by atoms with E-state index in [0.717, 1.165) is 22.2 Å². The van der Waals surface area contributed by atoms with E-state index in [4.69, 9.17) is 9.72 Å². The molecule has 0 aliphatic heterocycles. The SMILES string of the molecule is COc1cc(-c2c[nH]c3ncc(-c4ccc(S(=O)(=O)C(C)C)cc4)nc23)ccn1. The van der Waals surface area contributed by atoms with E-state index in [9.17, 15) is 8.42 Å². The highest BCUT2D eigenvalue weighted by atomic mass is 32.2. The zero-order valence-electron chi connectivity index (χ0n) is 16.2. The van der Waals surface area contributed by atoms with Crippen LogP contribution in [-0.4, -0.2) is 40.7 Å². The van der Waals surface area contributed by atoms with Crippen LogP contribution in [0.1, 0.15) is 13.8 Å². The minimum Gasteiger partial charge on any atom is -0.481 e. The van der Waals surface area contributed by atoms with Gasteiger partial charge in [0.1, 0.15) is 5.52 Å². The molecule has 0 atom stereocenters. The van der Waals surface area contributed by atoms with Gasteiger partial charge in [0.2, 0.25) is 5.88 Å². The Kier molecular flexibility index (Phi) is 4.79. The number of ether oxygens (including phenoxy) is 1. The largest absolute Gasteiger partial charge is 0.481 e. The van der Waals surface area contributed by atoms with Crippen LogP contribution < -0.4 is 4.74 Å². The number of pyridine rings is 1. The highest BCUT2D eigenvalue weighted by Crippen LogP contribution is 2.30. The van der Waals surface area contributed by atoms with Crippen molar-refractivity contribution in [2.24, 2.45) is 0 Å². The average molecular weight is 408 g/mol. The zero-order valence-corrected chi connectivity index (χ0v) is 17.1. The highest BCUT2D eigenvalue weighted by molar-refractivity contribution is 7.92. The summed E-state index contributed by atoms with van der Waals surface area (Å²) in [5.41, 5.74) is 4.63. The molecule has 148 valence electrons. The summed E-state index contributed by atoms with van der Waals surface area (Å²) in [5.74, 6) is 0.517. The molecule has 4 rings (SSSR count). The summed E-state index contributed by atoms with van der Waals surface area (Å²) in [6.07, 6.45) is 5.20. The van der Waals surface area contributed by atoms with E-state index in [1.54, 1.807) is 57.6 Å². The summed E-state index contributed by atoms with van der Waals surface area (Å²) < 4.78 is 29.9. The quantitative estimate of drug-likeness (QED) is 0.538. The fourth-order valence-electron chi connectivity index (χ4n) is 3.03. The van der Waals surface area contributed by atoms with Gasteiger partial charge in [-0.3, -0.25) is 0 Å². The van der Waals surface area contributed by atoms with Crippen molar-refractivity contribution in [1.82, 2.24) is 19.9 Å². The Balaban J connectivity index is 1.76. The molecule has 0 radical (unpaired) electrons. The molecule has 0 spiro atoms. The van der Waals surface area contributed by atoms with Crippen LogP contribution in [0.25, 0.3) is 33.5 Å². The molecule has 0 saturated heterocycles. The maximum atomic E-state index is 12.3. The molecule has 0 aliphatic carbocycles. The van der Waals surface area contributed by atoms with Gasteiger partial charge in [0, 0.05) is 29.6 Å². The summed E-state index contributed by atoms with van der Waals surface area (Å²) in [7, 11) is -1.74. The number of sulfone groups is 1. The Hall–Kier alpha value is -3.26.